The van der Waals surface area contributed by atoms with Gasteiger partial charge in [-0.2, -0.15) is 0 Å². The third kappa shape index (κ3) is 2.45. The van der Waals surface area contributed by atoms with Gasteiger partial charge >= 0.3 is 0 Å². The van der Waals surface area contributed by atoms with Crippen LogP contribution in [0.4, 0.5) is 0 Å². The van der Waals surface area contributed by atoms with E-state index in [1.807, 2.05) is 29.2 Å². The molecule has 0 unspecified atom stereocenters. The van der Waals surface area contributed by atoms with E-state index in [2.05, 4.69) is 28.5 Å². The Morgan fingerprint density at radius 3 is 2.65 bits per heavy atom. The van der Waals surface area contributed by atoms with Gasteiger partial charge in [0.15, 0.2) is 0 Å². The van der Waals surface area contributed by atoms with Crippen LogP contribution in [-0.4, -0.2) is 44.1 Å². The molecular formula is C14H15N5O. The van der Waals surface area contributed by atoms with Gasteiger partial charge in [-0.25, -0.2) is 4.68 Å². The van der Waals surface area contributed by atoms with Gasteiger partial charge in [-0.15, -0.1) is 5.10 Å². The van der Waals surface area contributed by atoms with Crippen LogP contribution in [0.25, 0.3) is 5.69 Å². The van der Waals surface area contributed by atoms with E-state index in [9.17, 15) is 4.79 Å². The monoisotopic (exact) mass is 269 g/mol. The summed E-state index contributed by atoms with van der Waals surface area (Å²) in [6, 6.07) is 7.30. The molecule has 3 rings (SSSR count). The molecule has 102 valence electrons. The van der Waals surface area contributed by atoms with E-state index in [0.717, 1.165) is 18.7 Å². The van der Waals surface area contributed by atoms with E-state index >= 15 is 0 Å². The molecule has 0 radical (unpaired) electrons. The van der Waals surface area contributed by atoms with Crippen molar-refractivity contribution in [3.05, 3.63) is 47.8 Å². The average molecular weight is 269 g/mol. The van der Waals surface area contributed by atoms with Crippen molar-refractivity contribution >= 4 is 5.91 Å². The predicted octanol–water partition coefficient (Wildman–Crippen LogP) is 1.45. The van der Waals surface area contributed by atoms with Crippen LogP contribution in [0.1, 0.15) is 23.7 Å². The lowest BCUT2D eigenvalue weighted by Gasteiger charge is -2.25. The minimum absolute atomic E-state index is 0.0667. The SMILES string of the molecule is CC1=CCN(C(=O)c2ccc(-n3cnnn3)cc2)CC1. The number of hydrogen-bond acceptors (Lipinski definition) is 4. The summed E-state index contributed by atoms with van der Waals surface area (Å²) in [4.78, 5) is 14.2. The minimum Gasteiger partial charge on any atom is -0.335 e. The lowest BCUT2D eigenvalue weighted by atomic mass is 10.1. The fourth-order valence-electron chi connectivity index (χ4n) is 2.17. The molecule has 20 heavy (non-hydrogen) atoms. The van der Waals surface area contributed by atoms with Gasteiger partial charge in [-0.05, 0) is 48.0 Å². The van der Waals surface area contributed by atoms with Crippen LogP contribution in [-0.2, 0) is 0 Å². The first-order chi connectivity index (χ1) is 9.74. The highest BCUT2D eigenvalue weighted by atomic mass is 16.2. The van der Waals surface area contributed by atoms with Crippen molar-refractivity contribution in [2.75, 3.05) is 13.1 Å². The maximum atomic E-state index is 12.4. The van der Waals surface area contributed by atoms with Gasteiger partial charge in [0.25, 0.3) is 5.91 Å². The molecule has 1 aromatic heterocycles. The molecule has 1 amide bonds. The Morgan fingerprint density at radius 1 is 1.25 bits per heavy atom. The Morgan fingerprint density at radius 2 is 2.05 bits per heavy atom. The van der Waals surface area contributed by atoms with Crippen LogP contribution < -0.4 is 0 Å². The predicted molar refractivity (Wildman–Crippen MR) is 73.4 cm³/mol. The molecule has 6 heteroatoms. The molecule has 2 aromatic rings. The number of nitrogens with zero attached hydrogens (tertiary/aromatic N) is 5. The van der Waals surface area contributed by atoms with Crippen molar-refractivity contribution in [3.8, 4) is 5.69 Å². The smallest absolute Gasteiger partial charge is 0.254 e. The number of carbonyl (C=O) groups is 1. The van der Waals surface area contributed by atoms with Gasteiger partial charge in [-0.3, -0.25) is 4.79 Å². The lowest BCUT2D eigenvalue weighted by molar-refractivity contribution is 0.0769. The summed E-state index contributed by atoms with van der Waals surface area (Å²) >= 11 is 0. The fourth-order valence-corrected chi connectivity index (χ4v) is 2.17. The van der Waals surface area contributed by atoms with Crippen LogP contribution >= 0.6 is 0 Å². The highest BCUT2D eigenvalue weighted by molar-refractivity contribution is 5.94. The van der Waals surface area contributed by atoms with Crippen molar-refractivity contribution in [1.82, 2.24) is 25.1 Å². The van der Waals surface area contributed by atoms with Crippen LogP contribution in [0, 0.1) is 0 Å². The largest absolute Gasteiger partial charge is 0.335 e. The normalized spacial score (nSPS) is 15.1. The molecular weight excluding hydrogens is 254 g/mol. The van der Waals surface area contributed by atoms with Crippen molar-refractivity contribution in [2.45, 2.75) is 13.3 Å². The second-order valence-electron chi connectivity index (χ2n) is 4.85. The van der Waals surface area contributed by atoms with Crippen LogP contribution in [0.2, 0.25) is 0 Å². The number of carbonyl (C=O) groups excluding carboxylic acids is 1. The number of benzene rings is 1. The summed E-state index contributed by atoms with van der Waals surface area (Å²) in [7, 11) is 0. The number of tetrazole rings is 1. The summed E-state index contributed by atoms with van der Waals surface area (Å²) in [5.74, 6) is 0.0667. The zero-order valence-electron chi connectivity index (χ0n) is 11.2. The van der Waals surface area contributed by atoms with Crippen LogP contribution in [0.15, 0.2) is 42.2 Å². The Balaban J connectivity index is 1.76. The second-order valence-corrected chi connectivity index (χ2v) is 4.85. The maximum Gasteiger partial charge on any atom is 0.254 e. The maximum absolute atomic E-state index is 12.4. The van der Waals surface area contributed by atoms with Crippen molar-refractivity contribution < 1.29 is 4.79 Å². The van der Waals surface area contributed by atoms with Gasteiger partial charge < -0.3 is 4.90 Å². The molecule has 0 aliphatic carbocycles. The quantitative estimate of drug-likeness (QED) is 0.774. The first-order valence-electron chi connectivity index (χ1n) is 6.52. The molecule has 0 saturated heterocycles. The Bertz CT molecular complexity index is 630. The Hall–Kier alpha value is -2.50. The standard InChI is InChI=1S/C14H15N5O/c1-11-6-8-18(9-7-11)14(20)12-2-4-13(5-3-12)19-10-15-16-17-19/h2-6,10H,7-9H2,1H3. The molecule has 0 fully saturated rings. The molecule has 1 aromatic carbocycles. The summed E-state index contributed by atoms with van der Waals surface area (Å²) in [6.45, 7) is 3.58. The van der Waals surface area contributed by atoms with Crippen LogP contribution in [0.5, 0.6) is 0 Å². The third-order valence-corrected chi connectivity index (χ3v) is 3.45. The van der Waals surface area contributed by atoms with E-state index in [0.29, 0.717) is 12.1 Å². The van der Waals surface area contributed by atoms with E-state index in [-0.39, 0.29) is 5.91 Å². The van der Waals surface area contributed by atoms with Gasteiger partial charge in [0.05, 0.1) is 5.69 Å². The first kappa shape index (κ1) is 12.5. The average Bonchev–Trinajstić information content (AvgIpc) is 3.02. The zero-order chi connectivity index (χ0) is 13.9. The molecule has 0 saturated carbocycles. The van der Waals surface area contributed by atoms with Gasteiger partial charge in [0.1, 0.15) is 6.33 Å². The molecule has 1 aliphatic heterocycles. The number of amides is 1. The molecule has 6 nitrogen and oxygen atoms in total. The van der Waals surface area contributed by atoms with E-state index in [1.165, 1.54) is 11.9 Å². The van der Waals surface area contributed by atoms with Crippen molar-refractivity contribution in [3.63, 3.8) is 0 Å². The highest BCUT2D eigenvalue weighted by Gasteiger charge is 2.17. The van der Waals surface area contributed by atoms with Gasteiger partial charge in [-0.1, -0.05) is 11.6 Å². The van der Waals surface area contributed by atoms with Crippen molar-refractivity contribution in [1.29, 1.82) is 0 Å². The number of aromatic nitrogens is 4. The third-order valence-electron chi connectivity index (χ3n) is 3.45. The van der Waals surface area contributed by atoms with Crippen molar-refractivity contribution in [2.24, 2.45) is 0 Å². The summed E-state index contributed by atoms with van der Waals surface area (Å²) < 4.78 is 1.56. The topological polar surface area (TPSA) is 63.9 Å². The number of hydrogen-bond donors (Lipinski definition) is 0. The van der Waals surface area contributed by atoms with E-state index in [1.54, 1.807) is 4.68 Å². The minimum atomic E-state index is 0.0667. The van der Waals surface area contributed by atoms with Crippen LogP contribution in [0.3, 0.4) is 0 Å². The van der Waals surface area contributed by atoms with Gasteiger partial charge in [0, 0.05) is 18.7 Å². The Labute approximate surface area is 116 Å². The fraction of sp³-hybridized carbons (Fsp3) is 0.286. The summed E-state index contributed by atoms with van der Waals surface area (Å²) in [5, 5.41) is 11.0. The zero-order valence-corrected chi connectivity index (χ0v) is 11.2. The molecule has 1 aliphatic rings. The lowest BCUT2D eigenvalue weighted by Crippen LogP contribution is -2.34. The molecule has 0 N–H and O–H groups in total. The second kappa shape index (κ2) is 5.24. The van der Waals surface area contributed by atoms with E-state index in [4.69, 9.17) is 0 Å². The van der Waals surface area contributed by atoms with Gasteiger partial charge in [0.2, 0.25) is 0 Å². The molecule has 0 atom stereocenters. The van der Waals surface area contributed by atoms with E-state index < -0.39 is 0 Å². The highest BCUT2D eigenvalue weighted by Crippen LogP contribution is 2.14. The molecule has 0 spiro atoms. The first-order valence-corrected chi connectivity index (χ1v) is 6.52. The molecule has 0 bridgehead atoms. The number of rotatable bonds is 2. The molecule has 2 heterocycles. The summed E-state index contributed by atoms with van der Waals surface area (Å²) in [6.07, 6.45) is 4.58. The summed E-state index contributed by atoms with van der Waals surface area (Å²) in [5.41, 5.74) is 2.87. The Kier molecular flexibility index (Phi) is 3.28.